The van der Waals surface area contributed by atoms with E-state index in [4.69, 9.17) is 10.6 Å². The van der Waals surface area contributed by atoms with Crippen LogP contribution in [0, 0.1) is 24.4 Å². The summed E-state index contributed by atoms with van der Waals surface area (Å²) >= 11 is 0. The van der Waals surface area contributed by atoms with Crippen molar-refractivity contribution in [1.82, 2.24) is 5.43 Å². The Balaban J connectivity index is 2.60. The van der Waals surface area contributed by atoms with Crippen LogP contribution in [0.15, 0.2) is 30.3 Å². The van der Waals surface area contributed by atoms with E-state index in [1.807, 2.05) is 13.0 Å². The predicted molar refractivity (Wildman–Crippen MR) is 73.2 cm³/mol. The maximum Gasteiger partial charge on any atom is 0.194 e. The molecular formula is C15H15F3N2O. The average molecular weight is 296 g/mol. The zero-order valence-electron chi connectivity index (χ0n) is 11.6. The second-order valence-corrected chi connectivity index (χ2v) is 4.61. The van der Waals surface area contributed by atoms with Crippen LogP contribution in [0.4, 0.5) is 13.2 Å². The van der Waals surface area contributed by atoms with Gasteiger partial charge in [-0.05, 0) is 19.1 Å². The van der Waals surface area contributed by atoms with Crippen molar-refractivity contribution in [3.63, 3.8) is 0 Å². The molecule has 0 aliphatic rings. The lowest BCUT2D eigenvalue weighted by Crippen LogP contribution is -2.30. The molecule has 0 radical (unpaired) electrons. The minimum atomic E-state index is -1.53. The molecule has 2 aromatic carbocycles. The SMILES string of the molecule is COc1ccc(C)cc1C(NN)c1ccc(F)c(F)c1F. The van der Waals surface area contributed by atoms with Gasteiger partial charge >= 0.3 is 0 Å². The highest BCUT2D eigenvalue weighted by atomic mass is 19.2. The van der Waals surface area contributed by atoms with Crippen molar-refractivity contribution in [2.75, 3.05) is 7.11 Å². The first-order valence-electron chi connectivity index (χ1n) is 6.23. The van der Waals surface area contributed by atoms with Crippen molar-refractivity contribution < 1.29 is 17.9 Å². The number of hydrogen-bond acceptors (Lipinski definition) is 3. The van der Waals surface area contributed by atoms with E-state index in [9.17, 15) is 13.2 Å². The van der Waals surface area contributed by atoms with Crippen molar-refractivity contribution in [2.45, 2.75) is 13.0 Å². The van der Waals surface area contributed by atoms with Gasteiger partial charge in [-0.25, -0.2) is 18.6 Å². The summed E-state index contributed by atoms with van der Waals surface area (Å²) in [6.45, 7) is 1.85. The molecule has 0 amide bonds. The number of methoxy groups -OCH3 is 1. The lowest BCUT2D eigenvalue weighted by molar-refractivity contribution is 0.400. The molecule has 2 rings (SSSR count). The van der Waals surface area contributed by atoms with Crippen LogP contribution in [0.5, 0.6) is 5.75 Å². The Morgan fingerprint density at radius 1 is 1.05 bits per heavy atom. The molecule has 112 valence electrons. The second-order valence-electron chi connectivity index (χ2n) is 4.61. The average Bonchev–Trinajstić information content (AvgIpc) is 2.48. The molecule has 0 aliphatic carbocycles. The van der Waals surface area contributed by atoms with Crippen LogP contribution in [0.2, 0.25) is 0 Å². The van der Waals surface area contributed by atoms with Crippen LogP contribution >= 0.6 is 0 Å². The predicted octanol–water partition coefficient (Wildman–Crippen LogP) is 2.97. The zero-order chi connectivity index (χ0) is 15.6. The molecule has 0 fully saturated rings. The standard InChI is InChI=1S/C15H15F3N2O/c1-8-3-6-12(21-2)10(7-8)15(20-19)9-4-5-11(16)14(18)13(9)17/h3-7,15,20H,19H2,1-2H3. The first-order valence-corrected chi connectivity index (χ1v) is 6.23. The van der Waals surface area contributed by atoms with E-state index in [-0.39, 0.29) is 5.56 Å². The number of nitrogens with one attached hydrogen (secondary N) is 1. The molecule has 6 heteroatoms. The Morgan fingerprint density at radius 3 is 2.38 bits per heavy atom. The minimum Gasteiger partial charge on any atom is -0.496 e. The lowest BCUT2D eigenvalue weighted by Gasteiger charge is -2.21. The van der Waals surface area contributed by atoms with Gasteiger partial charge in [0.2, 0.25) is 0 Å². The fourth-order valence-electron chi connectivity index (χ4n) is 2.19. The van der Waals surface area contributed by atoms with Crippen molar-refractivity contribution in [3.8, 4) is 5.75 Å². The van der Waals surface area contributed by atoms with Crippen LogP contribution < -0.4 is 16.0 Å². The van der Waals surface area contributed by atoms with E-state index in [1.165, 1.54) is 7.11 Å². The molecule has 3 N–H and O–H groups in total. The molecule has 0 bridgehead atoms. The van der Waals surface area contributed by atoms with E-state index in [0.29, 0.717) is 11.3 Å². The van der Waals surface area contributed by atoms with Gasteiger partial charge in [0.1, 0.15) is 5.75 Å². The number of ether oxygens (including phenoxy) is 1. The van der Waals surface area contributed by atoms with Crippen molar-refractivity contribution in [1.29, 1.82) is 0 Å². The molecule has 1 atom stereocenters. The van der Waals surface area contributed by atoms with Crippen LogP contribution in [-0.2, 0) is 0 Å². The summed E-state index contributed by atoms with van der Waals surface area (Å²) in [4.78, 5) is 0. The van der Waals surface area contributed by atoms with E-state index in [2.05, 4.69) is 5.43 Å². The number of hydrazine groups is 1. The third-order valence-corrected chi connectivity index (χ3v) is 3.24. The van der Waals surface area contributed by atoms with Crippen LogP contribution in [0.25, 0.3) is 0 Å². The fraction of sp³-hybridized carbons (Fsp3) is 0.200. The Kier molecular flexibility index (Phi) is 4.50. The first kappa shape index (κ1) is 15.3. The van der Waals surface area contributed by atoms with Crippen LogP contribution in [0.3, 0.4) is 0 Å². The highest BCUT2D eigenvalue weighted by Crippen LogP contribution is 2.32. The van der Waals surface area contributed by atoms with Gasteiger partial charge in [0.25, 0.3) is 0 Å². The summed E-state index contributed by atoms with van der Waals surface area (Å²) in [5.74, 6) is 1.89. The van der Waals surface area contributed by atoms with Gasteiger partial charge in [-0.2, -0.15) is 0 Å². The topological polar surface area (TPSA) is 47.3 Å². The largest absolute Gasteiger partial charge is 0.496 e. The van der Waals surface area contributed by atoms with Crippen molar-refractivity contribution in [3.05, 3.63) is 64.5 Å². The molecule has 0 saturated carbocycles. The monoisotopic (exact) mass is 296 g/mol. The molecule has 0 aromatic heterocycles. The normalized spacial score (nSPS) is 12.3. The molecule has 0 aliphatic heterocycles. The number of nitrogens with two attached hydrogens (primary N) is 1. The Morgan fingerprint density at radius 2 is 1.76 bits per heavy atom. The first-order chi connectivity index (χ1) is 9.99. The Hall–Kier alpha value is -2.05. The molecule has 0 spiro atoms. The van der Waals surface area contributed by atoms with Gasteiger partial charge in [0.15, 0.2) is 17.5 Å². The quantitative estimate of drug-likeness (QED) is 0.518. The van der Waals surface area contributed by atoms with E-state index in [1.54, 1.807) is 12.1 Å². The summed E-state index contributed by atoms with van der Waals surface area (Å²) < 4.78 is 45.6. The number of halogens is 3. The molecule has 3 nitrogen and oxygen atoms in total. The molecule has 0 heterocycles. The molecule has 0 saturated heterocycles. The molecule has 2 aromatic rings. The zero-order valence-corrected chi connectivity index (χ0v) is 11.6. The summed E-state index contributed by atoms with van der Waals surface area (Å²) in [6.07, 6.45) is 0. The number of hydrogen-bond donors (Lipinski definition) is 2. The van der Waals surface area contributed by atoms with Crippen LogP contribution in [0.1, 0.15) is 22.7 Å². The second kappa shape index (κ2) is 6.15. The van der Waals surface area contributed by atoms with Crippen molar-refractivity contribution in [2.24, 2.45) is 5.84 Å². The Bertz CT molecular complexity index is 662. The summed E-state index contributed by atoms with van der Waals surface area (Å²) in [5.41, 5.74) is 3.75. The maximum absolute atomic E-state index is 14.0. The van der Waals surface area contributed by atoms with Gasteiger partial charge in [0.05, 0.1) is 13.2 Å². The number of benzene rings is 2. The number of rotatable bonds is 4. The fourth-order valence-corrected chi connectivity index (χ4v) is 2.19. The van der Waals surface area contributed by atoms with Gasteiger partial charge in [-0.3, -0.25) is 5.84 Å². The summed E-state index contributed by atoms with van der Waals surface area (Å²) in [5, 5.41) is 0. The smallest absolute Gasteiger partial charge is 0.194 e. The maximum atomic E-state index is 14.0. The Labute approximate surface area is 120 Å². The lowest BCUT2D eigenvalue weighted by atomic mass is 9.96. The molecular weight excluding hydrogens is 281 g/mol. The summed E-state index contributed by atoms with van der Waals surface area (Å²) in [6, 6.07) is 6.41. The third kappa shape index (κ3) is 2.86. The summed E-state index contributed by atoms with van der Waals surface area (Å²) in [7, 11) is 1.46. The molecule has 21 heavy (non-hydrogen) atoms. The van der Waals surface area contributed by atoms with E-state index < -0.39 is 23.5 Å². The highest BCUT2D eigenvalue weighted by molar-refractivity contribution is 5.44. The third-order valence-electron chi connectivity index (χ3n) is 3.24. The minimum absolute atomic E-state index is 0.0969. The van der Waals surface area contributed by atoms with Crippen LogP contribution in [-0.4, -0.2) is 7.11 Å². The van der Waals surface area contributed by atoms with Gasteiger partial charge in [0, 0.05) is 11.1 Å². The number of aryl methyl sites for hydroxylation is 1. The van der Waals surface area contributed by atoms with E-state index in [0.717, 1.165) is 17.7 Å². The van der Waals surface area contributed by atoms with E-state index >= 15 is 0 Å². The highest BCUT2D eigenvalue weighted by Gasteiger charge is 2.24. The van der Waals surface area contributed by atoms with Gasteiger partial charge in [-0.15, -0.1) is 0 Å². The van der Waals surface area contributed by atoms with Gasteiger partial charge in [-0.1, -0.05) is 23.8 Å². The van der Waals surface area contributed by atoms with Crippen molar-refractivity contribution >= 4 is 0 Å². The molecule has 1 unspecified atom stereocenters. The van der Waals surface area contributed by atoms with Gasteiger partial charge < -0.3 is 4.74 Å².